The minimum Gasteiger partial charge on any atom is -0.446 e. The fourth-order valence-electron chi connectivity index (χ4n) is 9.98. The van der Waals surface area contributed by atoms with Crippen LogP contribution in [0.5, 0.6) is 0 Å². The average Bonchev–Trinajstić information content (AvgIpc) is 3.17. The van der Waals surface area contributed by atoms with Crippen LogP contribution in [-0.4, -0.2) is 44.3 Å². The molecule has 0 aliphatic heterocycles. The molecule has 1 N–H and O–H groups in total. The highest BCUT2D eigenvalue weighted by Crippen LogP contribution is 2.72. The molecule has 8 atom stereocenters. The van der Waals surface area contributed by atoms with Gasteiger partial charge in [-0.2, -0.15) is 0 Å². The summed E-state index contributed by atoms with van der Waals surface area (Å²) in [7, 11) is 4.04. The van der Waals surface area contributed by atoms with E-state index in [2.05, 4.69) is 57.8 Å². The molecule has 3 saturated carbocycles. The van der Waals surface area contributed by atoms with Gasteiger partial charge in [0, 0.05) is 19.5 Å². The second kappa shape index (κ2) is 11.2. The van der Waals surface area contributed by atoms with E-state index in [-0.39, 0.29) is 17.6 Å². The van der Waals surface area contributed by atoms with Crippen molar-refractivity contribution in [3.8, 4) is 0 Å². The summed E-state index contributed by atoms with van der Waals surface area (Å²) in [6.07, 6.45) is 16.6. The first-order valence-electron chi connectivity index (χ1n) is 15.7. The Morgan fingerprint density at radius 1 is 1.03 bits per heavy atom. The summed E-state index contributed by atoms with van der Waals surface area (Å²) in [5, 5.41) is 2.93. The number of rotatable bonds is 9. The van der Waals surface area contributed by atoms with Gasteiger partial charge in [-0.3, -0.25) is 0 Å². The third-order valence-corrected chi connectivity index (χ3v) is 11.9. The van der Waals surface area contributed by atoms with E-state index in [1.807, 2.05) is 14.1 Å². The molecule has 4 rings (SSSR count). The molecule has 212 valence electrons. The molecule has 0 aromatic rings. The van der Waals surface area contributed by atoms with Crippen molar-refractivity contribution in [2.24, 2.45) is 45.8 Å². The van der Waals surface area contributed by atoms with E-state index in [4.69, 9.17) is 4.74 Å². The van der Waals surface area contributed by atoms with E-state index in [1.54, 1.807) is 5.57 Å². The Labute approximate surface area is 228 Å². The van der Waals surface area contributed by atoms with Crippen molar-refractivity contribution < 1.29 is 9.53 Å². The standard InChI is InChI=1S/C33H58N2O2/c1-23(2)10-9-11-24(3)27-12-13-28-32(27,5)19-16-29-31(4)18-15-26(22-25(31)14-17-33(28,29)6)37-30(36)34-20-21-35(7)8/h14,23-24,26-29H,9-13,15-22H2,1-8H3,(H,34,36)/t24-,26+,27-,28-,29-,31+,32-,33+/m1/s1. The molecule has 0 saturated heterocycles. The van der Waals surface area contributed by atoms with Crippen molar-refractivity contribution >= 4 is 6.09 Å². The number of hydrogen-bond acceptors (Lipinski definition) is 3. The number of alkyl carbamates (subject to hydrolysis) is 1. The normalized spacial score (nSPS) is 40.0. The molecule has 0 unspecified atom stereocenters. The lowest BCUT2D eigenvalue weighted by molar-refractivity contribution is -0.114. The highest BCUT2D eigenvalue weighted by atomic mass is 16.6. The third-order valence-electron chi connectivity index (χ3n) is 11.9. The van der Waals surface area contributed by atoms with Crippen LogP contribution in [0.25, 0.3) is 0 Å². The van der Waals surface area contributed by atoms with E-state index in [0.717, 1.165) is 55.4 Å². The monoisotopic (exact) mass is 514 g/mol. The fourth-order valence-corrected chi connectivity index (χ4v) is 9.98. The SMILES string of the molecule is CC(C)CCC[C@@H](C)[C@H]1CC[C@@H]2[C@]1(C)CC[C@H]1[C@@]2(C)CC=C2C[C@@H](OC(=O)NCCN(C)C)CC[C@@]21C. The van der Waals surface area contributed by atoms with Crippen molar-refractivity contribution in [2.75, 3.05) is 27.2 Å². The molecule has 37 heavy (non-hydrogen) atoms. The van der Waals surface area contributed by atoms with Crippen LogP contribution < -0.4 is 5.32 Å². The summed E-state index contributed by atoms with van der Waals surface area (Å²) in [5.41, 5.74) is 2.79. The van der Waals surface area contributed by atoms with Gasteiger partial charge >= 0.3 is 6.09 Å². The van der Waals surface area contributed by atoms with Gasteiger partial charge in [0.1, 0.15) is 6.10 Å². The molecular weight excluding hydrogens is 456 g/mol. The van der Waals surface area contributed by atoms with Gasteiger partial charge in [0.15, 0.2) is 0 Å². The van der Waals surface area contributed by atoms with Gasteiger partial charge < -0.3 is 15.0 Å². The van der Waals surface area contributed by atoms with Crippen LogP contribution in [0.1, 0.15) is 112 Å². The van der Waals surface area contributed by atoms with Crippen molar-refractivity contribution in [3.63, 3.8) is 0 Å². The molecule has 0 radical (unpaired) electrons. The number of carbonyl (C=O) groups is 1. The molecule has 1 amide bonds. The van der Waals surface area contributed by atoms with Crippen LogP contribution in [0.15, 0.2) is 11.6 Å². The van der Waals surface area contributed by atoms with Gasteiger partial charge in [0.2, 0.25) is 0 Å². The Hall–Kier alpha value is -1.03. The maximum absolute atomic E-state index is 12.4. The average molecular weight is 515 g/mol. The van der Waals surface area contributed by atoms with Crippen LogP contribution in [0.2, 0.25) is 0 Å². The van der Waals surface area contributed by atoms with Crippen molar-refractivity contribution in [3.05, 3.63) is 11.6 Å². The Balaban J connectivity index is 1.42. The Kier molecular flexibility index (Phi) is 8.78. The van der Waals surface area contributed by atoms with Gasteiger partial charge in [-0.15, -0.1) is 0 Å². The van der Waals surface area contributed by atoms with Crippen LogP contribution in [0, 0.1) is 45.8 Å². The number of nitrogens with one attached hydrogen (secondary N) is 1. The maximum atomic E-state index is 12.4. The van der Waals surface area contributed by atoms with Crippen LogP contribution >= 0.6 is 0 Å². The topological polar surface area (TPSA) is 41.6 Å². The summed E-state index contributed by atoms with van der Waals surface area (Å²) in [6, 6.07) is 0. The van der Waals surface area contributed by atoms with Gasteiger partial charge in [0.25, 0.3) is 0 Å². The lowest BCUT2D eigenvalue weighted by Crippen LogP contribution is -2.56. The molecule has 4 nitrogen and oxygen atoms in total. The predicted octanol–water partition coefficient (Wildman–Crippen LogP) is 8.07. The predicted molar refractivity (Wildman–Crippen MR) is 154 cm³/mol. The van der Waals surface area contributed by atoms with Crippen molar-refractivity contribution in [2.45, 2.75) is 118 Å². The quantitative estimate of drug-likeness (QED) is 0.316. The number of allylic oxidation sites excluding steroid dienone is 1. The van der Waals surface area contributed by atoms with E-state index >= 15 is 0 Å². The van der Waals surface area contributed by atoms with Gasteiger partial charge in [0.05, 0.1) is 0 Å². The molecule has 0 spiro atoms. The highest BCUT2D eigenvalue weighted by molar-refractivity contribution is 5.67. The zero-order valence-electron chi connectivity index (χ0n) is 25.5. The Bertz CT molecular complexity index is 836. The molecule has 3 fully saturated rings. The highest BCUT2D eigenvalue weighted by Gasteiger charge is 2.64. The summed E-state index contributed by atoms with van der Waals surface area (Å²) in [6.45, 7) is 16.7. The number of fused-ring (bicyclic) bond motifs is 5. The summed E-state index contributed by atoms with van der Waals surface area (Å²) >= 11 is 0. The molecule has 0 bridgehead atoms. The Morgan fingerprint density at radius 2 is 1.78 bits per heavy atom. The molecule has 4 aliphatic carbocycles. The lowest BCUT2D eigenvalue weighted by atomic mass is 9.41. The van der Waals surface area contributed by atoms with Crippen LogP contribution in [-0.2, 0) is 4.74 Å². The van der Waals surface area contributed by atoms with E-state index in [1.165, 1.54) is 51.4 Å². The Morgan fingerprint density at radius 3 is 2.49 bits per heavy atom. The number of carbonyl (C=O) groups excluding carboxylic acids is 1. The first-order chi connectivity index (χ1) is 17.4. The van der Waals surface area contributed by atoms with Crippen LogP contribution in [0.4, 0.5) is 4.79 Å². The molecule has 4 heteroatoms. The minimum absolute atomic E-state index is 0.0273. The smallest absolute Gasteiger partial charge is 0.407 e. The van der Waals surface area contributed by atoms with Crippen molar-refractivity contribution in [1.82, 2.24) is 10.2 Å². The summed E-state index contributed by atoms with van der Waals surface area (Å²) in [4.78, 5) is 14.5. The van der Waals surface area contributed by atoms with Gasteiger partial charge in [-0.25, -0.2) is 4.79 Å². The molecule has 0 aromatic heterocycles. The first-order valence-corrected chi connectivity index (χ1v) is 15.7. The van der Waals surface area contributed by atoms with E-state index in [0.29, 0.717) is 17.4 Å². The number of likely N-dealkylation sites (N-methyl/N-ethyl adjacent to an activating group) is 1. The largest absolute Gasteiger partial charge is 0.446 e. The maximum Gasteiger partial charge on any atom is 0.407 e. The zero-order chi connectivity index (χ0) is 27.0. The number of ether oxygens (including phenoxy) is 1. The molecule has 0 heterocycles. The minimum atomic E-state index is -0.246. The number of amides is 1. The van der Waals surface area contributed by atoms with Crippen molar-refractivity contribution in [1.29, 1.82) is 0 Å². The van der Waals surface area contributed by atoms with E-state index < -0.39 is 0 Å². The van der Waals surface area contributed by atoms with Crippen LogP contribution in [0.3, 0.4) is 0 Å². The number of hydrogen-bond donors (Lipinski definition) is 1. The van der Waals surface area contributed by atoms with Gasteiger partial charge in [-0.05, 0) is 105 Å². The lowest BCUT2D eigenvalue weighted by Gasteiger charge is -2.63. The third kappa shape index (κ3) is 5.66. The summed E-state index contributed by atoms with van der Waals surface area (Å²) < 4.78 is 5.89. The molecular formula is C33H58N2O2. The zero-order valence-corrected chi connectivity index (χ0v) is 25.5. The van der Waals surface area contributed by atoms with E-state index in [9.17, 15) is 4.79 Å². The van der Waals surface area contributed by atoms with Gasteiger partial charge in [-0.1, -0.05) is 72.5 Å². The second-order valence-electron chi connectivity index (χ2n) is 15.0. The second-order valence-corrected chi connectivity index (χ2v) is 15.0. The fraction of sp³-hybridized carbons (Fsp3) is 0.909. The molecule has 0 aromatic carbocycles. The first kappa shape index (κ1) is 29.0. The number of nitrogens with zero attached hydrogens (tertiary/aromatic N) is 1. The summed E-state index contributed by atoms with van der Waals surface area (Å²) in [5.74, 6) is 4.20. The molecule has 4 aliphatic rings.